The fraction of sp³-hybridized carbons (Fsp3) is 0.846. The van der Waals surface area contributed by atoms with Crippen LogP contribution in [0.5, 0.6) is 0 Å². The first kappa shape index (κ1) is 15.9. The molecule has 19 heavy (non-hydrogen) atoms. The quantitative estimate of drug-likeness (QED) is 0.718. The lowest BCUT2D eigenvalue weighted by Gasteiger charge is -2.33. The molecule has 1 amide bonds. The van der Waals surface area contributed by atoms with Crippen molar-refractivity contribution in [3.05, 3.63) is 0 Å². The number of carboxylic acids is 1. The fourth-order valence-electron chi connectivity index (χ4n) is 2.51. The van der Waals surface area contributed by atoms with Crippen molar-refractivity contribution in [3.63, 3.8) is 0 Å². The highest BCUT2D eigenvalue weighted by molar-refractivity contribution is 5.81. The molecule has 0 radical (unpaired) electrons. The summed E-state index contributed by atoms with van der Waals surface area (Å²) < 4.78 is 5.23. The van der Waals surface area contributed by atoms with Gasteiger partial charge in [-0.2, -0.15) is 0 Å². The van der Waals surface area contributed by atoms with Crippen LogP contribution in [0.1, 0.15) is 20.8 Å². The molecule has 1 aliphatic heterocycles. The number of rotatable bonds is 6. The largest absolute Gasteiger partial charge is 0.481 e. The third-order valence-corrected chi connectivity index (χ3v) is 3.77. The molecule has 3 unspecified atom stereocenters. The van der Waals surface area contributed by atoms with Crippen molar-refractivity contribution < 1.29 is 19.4 Å². The Balaban J connectivity index is 2.87. The molecule has 3 N–H and O–H groups in total. The number of hydrogen-bond acceptors (Lipinski definition) is 4. The third kappa shape index (κ3) is 3.45. The average molecular weight is 272 g/mol. The summed E-state index contributed by atoms with van der Waals surface area (Å²) in [5, 5.41) is 9.17. The molecule has 1 heterocycles. The molecule has 0 aromatic heterocycles. The van der Waals surface area contributed by atoms with Gasteiger partial charge < -0.3 is 20.5 Å². The van der Waals surface area contributed by atoms with Gasteiger partial charge in [0, 0.05) is 13.1 Å². The molecule has 1 saturated heterocycles. The number of amides is 1. The van der Waals surface area contributed by atoms with Crippen molar-refractivity contribution in [2.45, 2.75) is 26.8 Å². The zero-order chi connectivity index (χ0) is 14.6. The van der Waals surface area contributed by atoms with Crippen LogP contribution in [0.25, 0.3) is 0 Å². The highest BCUT2D eigenvalue weighted by Gasteiger charge is 2.41. The topological polar surface area (TPSA) is 92.9 Å². The molecule has 6 nitrogen and oxygen atoms in total. The van der Waals surface area contributed by atoms with Gasteiger partial charge in [-0.05, 0) is 12.8 Å². The maximum absolute atomic E-state index is 12.5. The normalized spacial score (nSPS) is 24.5. The van der Waals surface area contributed by atoms with E-state index in [4.69, 9.17) is 10.5 Å². The maximum atomic E-state index is 12.5. The van der Waals surface area contributed by atoms with Crippen LogP contribution in [-0.4, -0.2) is 54.2 Å². The van der Waals surface area contributed by atoms with E-state index in [1.807, 2.05) is 20.8 Å². The zero-order valence-electron chi connectivity index (χ0n) is 11.8. The minimum Gasteiger partial charge on any atom is -0.481 e. The molecule has 3 atom stereocenters. The van der Waals surface area contributed by atoms with E-state index in [-0.39, 0.29) is 43.5 Å². The van der Waals surface area contributed by atoms with E-state index in [9.17, 15) is 14.7 Å². The Morgan fingerprint density at radius 1 is 1.42 bits per heavy atom. The second-order valence-corrected chi connectivity index (χ2v) is 5.26. The molecular weight excluding hydrogens is 248 g/mol. The summed E-state index contributed by atoms with van der Waals surface area (Å²) >= 11 is 0. The van der Waals surface area contributed by atoms with Crippen LogP contribution in [0.4, 0.5) is 0 Å². The number of aliphatic carboxylic acids is 1. The number of hydrogen-bond donors (Lipinski definition) is 2. The van der Waals surface area contributed by atoms with Crippen LogP contribution in [0.3, 0.4) is 0 Å². The van der Waals surface area contributed by atoms with E-state index in [0.717, 1.165) is 0 Å². The predicted octanol–water partition coefficient (Wildman–Crippen LogP) is 0.165. The number of carbonyl (C=O) groups is 2. The number of carbonyl (C=O) groups excluding carboxylic acids is 1. The first-order valence-corrected chi connectivity index (χ1v) is 6.75. The van der Waals surface area contributed by atoms with E-state index < -0.39 is 11.9 Å². The van der Waals surface area contributed by atoms with Crippen LogP contribution < -0.4 is 5.73 Å². The smallest absolute Gasteiger partial charge is 0.311 e. The van der Waals surface area contributed by atoms with Gasteiger partial charge in [0.25, 0.3) is 0 Å². The van der Waals surface area contributed by atoms with E-state index >= 15 is 0 Å². The number of ether oxygens (including phenoxy) is 1. The van der Waals surface area contributed by atoms with Gasteiger partial charge in [0.15, 0.2) is 0 Å². The van der Waals surface area contributed by atoms with Crippen LogP contribution >= 0.6 is 0 Å². The highest BCUT2D eigenvalue weighted by Crippen LogP contribution is 2.23. The lowest BCUT2D eigenvalue weighted by Crippen LogP contribution is -2.50. The molecule has 0 aromatic carbocycles. The summed E-state index contributed by atoms with van der Waals surface area (Å²) in [6.07, 6.45) is 0. The monoisotopic (exact) mass is 272 g/mol. The Morgan fingerprint density at radius 3 is 2.47 bits per heavy atom. The molecule has 0 bridgehead atoms. The molecule has 1 fully saturated rings. The van der Waals surface area contributed by atoms with Gasteiger partial charge in [0.05, 0.1) is 25.2 Å². The van der Waals surface area contributed by atoms with Gasteiger partial charge >= 0.3 is 5.97 Å². The molecular formula is C13H24N2O4. The zero-order valence-corrected chi connectivity index (χ0v) is 11.8. The van der Waals surface area contributed by atoms with Crippen LogP contribution in [0.15, 0.2) is 0 Å². The predicted molar refractivity (Wildman–Crippen MR) is 70.5 cm³/mol. The fourth-order valence-corrected chi connectivity index (χ4v) is 2.51. The van der Waals surface area contributed by atoms with Crippen molar-refractivity contribution in [2.75, 3.05) is 26.3 Å². The number of nitrogens with two attached hydrogens (primary N) is 1. The van der Waals surface area contributed by atoms with Crippen molar-refractivity contribution in [2.24, 2.45) is 23.5 Å². The molecule has 0 spiro atoms. The number of nitrogens with zero attached hydrogens (tertiary/aromatic N) is 1. The van der Waals surface area contributed by atoms with Crippen molar-refractivity contribution in [3.8, 4) is 0 Å². The minimum atomic E-state index is -0.914. The van der Waals surface area contributed by atoms with Gasteiger partial charge in [0.1, 0.15) is 5.92 Å². The summed E-state index contributed by atoms with van der Waals surface area (Å²) in [7, 11) is 0. The highest BCUT2D eigenvalue weighted by atomic mass is 16.5. The second kappa shape index (κ2) is 6.86. The molecule has 110 valence electrons. The van der Waals surface area contributed by atoms with Gasteiger partial charge in [-0.1, -0.05) is 13.8 Å². The third-order valence-electron chi connectivity index (χ3n) is 3.77. The molecule has 0 saturated carbocycles. The van der Waals surface area contributed by atoms with Gasteiger partial charge in [-0.3, -0.25) is 9.59 Å². The van der Waals surface area contributed by atoms with Crippen LogP contribution in [0, 0.1) is 17.8 Å². The standard InChI is InChI=1S/C13H24N2O4/c1-4-15(12(16)9(5-14)8(2)3)11-7-19-6-10(11)13(17)18/h8-11H,4-7,14H2,1-3H3,(H,17,18). The van der Waals surface area contributed by atoms with Gasteiger partial charge in [0.2, 0.25) is 5.91 Å². The summed E-state index contributed by atoms with van der Waals surface area (Å²) in [4.78, 5) is 25.3. The Labute approximate surface area is 113 Å². The second-order valence-electron chi connectivity index (χ2n) is 5.26. The first-order chi connectivity index (χ1) is 8.93. The summed E-state index contributed by atoms with van der Waals surface area (Å²) in [6, 6.07) is -0.386. The summed E-state index contributed by atoms with van der Waals surface area (Å²) in [5.74, 6) is -1.76. The summed E-state index contributed by atoms with van der Waals surface area (Å²) in [6.45, 7) is 6.94. The van der Waals surface area contributed by atoms with Crippen LogP contribution in [0.2, 0.25) is 0 Å². The van der Waals surface area contributed by atoms with Crippen molar-refractivity contribution >= 4 is 11.9 Å². The van der Waals surface area contributed by atoms with Gasteiger partial charge in [-0.15, -0.1) is 0 Å². The first-order valence-electron chi connectivity index (χ1n) is 6.75. The van der Waals surface area contributed by atoms with E-state index in [2.05, 4.69) is 0 Å². The van der Waals surface area contributed by atoms with E-state index in [1.54, 1.807) is 4.90 Å². The minimum absolute atomic E-state index is 0.0678. The maximum Gasteiger partial charge on any atom is 0.311 e. The molecule has 1 rings (SSSR count). The molecule has 0 aromatic rings. The summed E-state index contributed by atoms with van der Waals surface area (Å²) in [5.41, 5.74) is 5.67. The Bertz CT molecular complexity index is 333. The lowest BCUT2D eigenvalue weighted by atomic mass is 9.92. The molecule has 1 aliphatic rings. The Hall–Kier alpha value is -1.14. The lowest BCUT2D eigenvalue weighted by molar-refractivity contribution is -0.146. The van der Waals surface area contributed by atoms with Crippen molar-refractivity contribution in [1.29, 1.82) is 0 Å². The SMILES string of the molecule is CCN(C(=O)C(CN)C(C)C)C1COCC1C(=O)O. The molecule has 6 heteroatoms. The Morgan fingerprint density at radius 2 is 2.05 bits per heavy atom. The number of carboxylic acid groups (broad SMARTS) is 1. The van der Waals surface area contributed by atoms with Gasteiger partial charge in [-0.25, -0.2) is 0 Å². The van der Waals surface area contributed by atoms with E-state index in [1.165, 1.54) is 0 Å². The van der Waals surface area contributed by atoms with E-state index in [0.29, 0.717) is 6.54 Å². The number of likely N-dealkylation sites (N-methyl/N-ethyl adjacent to an activating group) is 1. The van der Waals surface area contributed by atoms with Crippen molar-refractivity contribution in [1.82, 2.24) is 4.90 Å². The Kier molecular flexibility index (Phi) is 5.75. The van der Waals surface area contributed by atoms with Crippen LogP contribution in [-0.2, 0) is 14.3 Å². The average Bonchev–Trinajstić information content (AvgIpc) is 2.79. The molecule has 0 aliphatic carbocycles.